The predicted molar refractivity (Wildman–Crippen MR) is 208 cm³/mol. The number of hydrogen-bond donors (Lipinski definition) is 7. The molecular formula is C39H57N7O11. The van der Waals surface area contributed by atoms with Gasteiger partial charge in [-0.05, 0) is 81.3 Å². The molecule has 1 aliphatic rings. The molecule has 314 valence electrons. The van der Waals surface area contributed by atoms with E-state index in [-0.39, 0.29) is 39.3 Å². The first-order chi connectivity index (χ1) is 27.2. The minimum absolute atomic E-state index is 0.156. The summed E-state index contributed by atoms with van der Waals surface area (Å²) in [4.78, 5) is 91.1. The van der Waals surface area contributed by atoms with Gasteiger partial charge in [-0.25, -0.2) is 4.79 Å². The van der Waals surface area contributed by atoms with Crippen molar-refractivity contribution in [3.63, 3.8) is 0 Å². The van der Waals surface area contributed by atoms with Crippen molar-refractivity contribution in [1.29, 1.82) is 0 Å². The van der Waals surface area contributed by atoms with E-state index in [0.29, 0.717) is 38.0 Å². The molecule has 1 saturated heterocycles. The molecule has 2 aromatic rings. The van der Waals surface area contributed by atoms with Gasteiger partial charge in [-0.15, -0.1) is 0 Å². The number of benzene rings is 2. The van der Waals surface area contributed by atoms with Crippen molar-refractivity contribution < 1.29 is 52.9 Å². The number of hydrogen-bond acceptors (Lipinski definition) is 12. The molecule has 6 amide bonds. The molecule has 0 spiro atoms. The first-order valence-electron chi connectivity index (χ1n) is 19.3. The van der Waals surface area contributed by atoms with Crippen molar-refractivity contribution >= 4 is 52.4 Å². The molecule has 18 heteroatoms. The smallest absolute Gasteiger partial charge is 0.407 e. The Balaban J connectivity index is 1.54. The van der Waals surface area contributed by atoms with Crippen LogP contribution < -0.4 is 37.1 Å². The minimum atomic E-state index is -1.38. The summed E-state index contributed by atoms with van der Waals surface area (Å²) in [5, 5.41) is 25.0. The van der Waals surface area contributed by atoms with Crippen LogP contribution >= 0.6 is 0 Å². The summed E-state index contributed by atoms with van der Waals surface area (Å²) in [6.45, 7) is 5.70. The molecule has 3 rings (SSSR count). The fraction of sp³-hybridized carbons (Fsp3) is 0.564. The fourth-order valence-corrected chi connectivity index (χ4v) is 6.14. The number of unbranched alkanes of at least 4 members (excludes halogenated alkanes) is 1. The Morgan fingerprint density at radius 1 is 0.860 bits per heavy atom. The van der Waals surface area contributed by atoms with E-state index in [1.54, 1.807) is 26.8 Å². The van der Waals surface area contributed by atoms with Crippen LogP contribution in [0.25, 0.3) is 10.8 Å². The summed E-state index contributed by atoms with van der Waals surface area (Å²) in [6, 6.07) is 9.12. The van der Waals surface area contributed by atoms with Gasteiger partial charge in [0.05, 0.1) is 25.3 Å². The summed E-state index contributed by atoms with van der Waals surface area (Å²) in [5.41, 5.74) is 5.65. The van der Waals surface area contributed by atoms with Gasteiger partial charge in [0, 0.05) is 6.54 Å². The monoisotopic (exact) mass is 799 g/mol. The summed E-state index contributed by atoms with van der Waals surface area (Å²) < 4.78 is 15.6. The SMILES string of the molecule is CCOC(=O)CNC(=O)OC[C@@H]1CCCN1C(=O)[C@@H](NC(=O)CNC(=O)[C@@H](NC(=O)[C@H](CCCCN)NC(=O)COc1ccc2ccccc2c1)C(C)C)[C@@H](C)O. The third-order valence-electron chi connectivity index (χ3n) is 9.17. The average molecular weight is 800 g/mol. The van der Waals surface area contributed by atoms with Gasteiger partial charge >= 0.3 is 12.1 Å². The third-order valence-corrected chi connectivity index (χ3v) is 9.17. The molecule has 1 heterocycles. The van der Waals surface area contributed by atoms with Crippen LogP contribution in [-0.4, -0.2) is 128 Å². The molecule has 8 N–H and O–H groups in total. The second-order valence-corrected chi connectivity index (χ2v) is 14.0. The largest absolute Gasteiger partial charge is 0.484 e. The van der Waals surface area contributed by atoms with Crippen molar-refractivity contribution in [3.05, 3.63) is 42.5 Å². The highest BCUT2D eigenvalue weighted by Crippen LogP contribution is 2.21. The highest BCUT2D eigenvalue weighted by Gasteiger charge is 2.37. The normalized spacial score (nSPS) is 15.8. The van der Waals surface area contributed by atoms with Crippen LogP contribution in [0.2, 0.25) is 0 Å². The van der Waals surface area contributed by atoms with Gasteiger partial charge in [0.1, 0.15) is 37.0 Å². The maximum atomic E-state index is 13.5. The lowest BCUT2D eigenvalue weighted by molar-refractivity contribution is -0.142. The molecule has 1 aliphatic heterocycles. The van der Waals surface area contributed by atoms with E-state index in [4.69, 9.17) is 19.9 Å². The van der Waals surface area contributed by atoms with Gasteiger partial charge in [-0.1, -0.05) is 44.2 Å². The standard InChI is InChI=1S/C39H57N7O11/c1-5-55-33(50)21-42-39(54)57-22-28-13-10-18-46(28)38(53)35(25(4)47)44-31(48)20-41-37(52)34(24(2)3)45-36(51)30(14-8-9-17-40)43-32(49)23-56-29-16-15-26-11-6-7-12-27(26)19-29/h6-7,11-12,15-16,19,24-25,28,30,34-35,47H,5,8-10,13-14,17-18,20-23,40H2,1-4H3,(H,41,52)(H,42,54)(H,43,49)(H,44,48)(H,45,51)/t25-,28+,30+,34+,35+/m1/s1. The van der Waals surface area contributed by atoms with Crippen LogP contribution in [0.1, 0.15) is 59.8 Å². The summed E-state index contributed by atoms with van der Waals surface area (Å²) >= 11 is 0. The number of aliphatic hydroxyl groups is 1. The van der Waals surface area contributed by atoms with Crippen molar-refractivity contribution in [2.45, 2.75) is 90.1 Å². The molecule has 18 nitrogen and oxygen atoms in total. The van der Waals surface area contributed by atoms with Crippen LogP contribution in [0.3, 0.4) is 0 Å². The van der Waals surface area contributed by atoms with Gasteiger partial charge in [0.2, 0.25) is 23.6 Å². The molecule has 57 heavy (non-hydrogen) atoms. The molecule has 0 unspecified atom stereocenters. The van der Waals surface area contributed by atoms with Gasteiger partial charge in [0.25, 0.3) is 5.91 Å². The Morgan fingerprint density at radius 3 is 2.28 bits per heavy atom. The van der Waals surface area contributed by atoms with Gasteiger partial charge in [0.15, 0.2) is 6.61 Å². The van der Waals surface area contributed by atoms with E-state index in [1.807, 2.05) is 36.4 Å². The Labute approximate surface area is 332 Å². The maximum Gasteiger partial charge on any atom is 0.407 e. The quantitative estimate of drug-likeness (QED) is 0.0625. The summed E-state index contributed by atoms with van der Waals surface area (Å²) in [6.07, 6.45) is 0.268. The molecule has 5 atom stereocenters. The Morgan fingerprint density at radius 2 is 1.60 bits per heavy atom. The molecule has 0 aliphatic carbocycles. The molecular weight excluding hydrogens is 742 g/mol. The van der Waals surface area contributed by atoms with Crippen LogP contribution in [0, 0.1) is 5.92 Å². The molecule has 0 radical (unpaired) electrons. The number of carbonyl (C=O) groups excluding carboxylic acids is 7. The number of amides is 6. The number of nitrogens with zero attached hydrogens (tertiary/aromatic N) is 1. The summed E-state index contributed by atoms with van der Waals surface area (Å²) in [7, 11) is 0. The number of rotatable bonds is 22. The van der Waals surface area contributed by atoms with Gasteiger partial charge in [-0.3, -0.25) is 28.8 Å². The highest BCUT2D eigenvalue weighted by atomic mass is 16.6. The van der Waals surface area contributed by atoms with Crippen molar-refractivity contribution in [1.82, 2.24) is 31.5 Å². The highest BCUT2D eigenvalue weighted by molar-refractivity contribution is 5.95. The molecule has 1 fully saturated rings. The van der Waals surface area contributed by atoms with Crippen LogP contribution in [0.15, 0.2) is 42.5 Å². The number of esters is 1. The predicted octanol–water partition coefficient (Wildman–Crippen LogP) is 0.235. The topological polar surface area (TPSA) is 257 Å². The number of alkyl carbamates (subject to hydrolysis) is 1. The Hall–Kier alpha value is -5.49. The first kappa shape index (κ1) is 45.9. The zero-order chi connectivity index (χ0) is 41.9. The number of ether oxygens (including phenoxy) is 3. The zero-order valence-electron chi connectivity index (χ0n) is 33.0. The second kappa shape index (κ2) is 23.5. The van der Waals surface area contributed by atoms with E-state index in [0.717, 1.165) is 10.8 Å². The van der Waals surface area contributed by atoms with Gasteiger partial charge in [-0.2, -0.15) is 0 Å². The third kappa shape index (κ3) is 15.2. The second-order valence-electron chi connectivity index (χ2n) is 14.0. The molecule has 0 saturated carbocycles. The lowest BCUT2D eigenvalue weighted by Crippen LogP contribution is -2.58. The number of likely N-dealkylation sites (tertiary alicyclic amines) is 1. The number of nitrogens with one attached hydrogen (secondary N) is 5. The number of fused-ring (bicyclic) bond motifs is 1. The Kier molecular flexibility index (Phi) is 19.0. The van der Waals surface area contributed by atoms with Crippen LogP contribution in [-0.2, 0) is 38.2 Å². The van der Waals surface area contributed by atoms with E-state index in [2.05, 4.69) is 26.6 Å². The van der Waals surface area contributed by atoms with Crippen LogP contribution in [0.4, 0.5) is 4.79 Å². The molecule has 0 bridgehead atoms. The molecule has 2 aromatic carbocycles. The Bertz CT molecular complexity index is 1690. The van der Waals surface area contributed by atoms with E-state index >= 15 is 0 Å². The maximum absolute atomic E-state index is 13.5. The van der Waals surface area contributed by atoms with E-state index in [1.165, 1.54) is 11.8 Å². The van der Waals surface area contributed by atoms with E-state index < -0.39 is 84.3 Å². The van der Waals surface area contributed by atoms with E-state index in [9.17, 15) is 38.7 Å². The molecule has 0 aromatic heterocycles. The lowest BCUT2D eigenvalue weighted by Gasteiger charge is -2.30. The zero-order valence-corrected chi connectivity index (χ0v) is 33.0. The average Bonchev–Trinajstić information content (AvgIpc) is 3.66. The fourth-order valence-electron chi connectivity index (χ4n) is 6.14. The van der Waals surface area contributed by atoms with Crippen molar-refractivity contribution in [3.8, 4) is 5.75 Å². The number of aliphatic hydroxyl groups excluding tert-OH is 1. The number of carbonyl (C=O) groups is 7. The van der Waals surface area contributed by atoms with Crippen LogP contribution in [0.5, 0.6) is 5.75 Å². The first-order valence-corrected chi connectivity index (χ1v) is 19.3. The lowest BCUT2D eigenvalue weighted by atomic mass is 10.0. The van der Waals surface area contributed by atoms with Crippen molar-refractivity contribution in [2.24, 2.45) is 11.7 Å². The minimum Gasteiger partial charge on any atom is -0.484 e. The summed E-state index contributed by atoms with van der Waals surface area (Å²) in [5.74, 6) is -3.79. The number of nitrogens with two attached hydrogens (primary N) is 1. The van der Waals surface area contributed by atoms with Crippen molar-refractivity contribution in [2.75, 3.05) is 46.0 Å². The van der Waals surface area contributed by atoms with Gasteiger partial charge < -0.3 is 56.5 Å².